The van der Waals surface area contributed by atoms with Gasteiger partial charge in [-0.25, -0.2) is 4.79 Å². The van der Waals surface area contributed by atoms with Crippen LogP contribution in [0, 0.1) is 0 Å². The standard InChI is InChI=1S/C16H30O2/c1-5-9-10-11-12-13-18-16(17)15(8-4)14(6-2)7-3/h5-13H2,1-4H3. The van der Waals surface area contributed by atoms with Crippen molar-refractivity contribution in [3.8, 4) is 0 Å². The molecule has 0 saturated carbocycles. The van der Waals surface area contributed by atoms with Crippen molar-refractivity contribution >= 4 is 5.97 Å². The van der Waals surface area contributed by atoms with Crippen molar-refractivity contribution in [3.05, 3.63) is 11.1 Å². The van der Waals surface area contributed by atoms with Gasteiger partial charge in [0, 0.05) is 5.57 Å². The number of hydrogen-bond acceptors (Lipinski definition) is 2. The fourth-order valence-electron chi connectivity index (χ4n) is 2.17. The van der Waals surface area contributed by atoms with Crippen LogP contribution in [-0.4, -0.2) is 12.6 Å². The minimum absolute atomic E-state index is 0.0910. The second-order valence-electron chi connectivity index (χ2n) is 4.69. The maximum Gasteiger partial charge on any atom is 0.333 e. The molecule has 0 amide bonds. The number of unbranched alkanes of at least 4 members (excludes halogenated alkanes) is 4. The molecule has 2 nitrogen and oxygen atoms in total. The van der Waals surface area contributed by atoms with Gasteiger partial charge in [-0.15, -0.1) is 0 Å². The fraction of sp³-hybridized carbons (Fsp3) is 0.812. The number of esters is 1. The highest BCUT2D eigenvalue weighted by Crippen LogP contribution is 2.17. The number of carbonyl (C=O) groups excluding carboxylic acids is 1. The highest BCUT2D eigenvalue weighted by molar-refractivity contribution is 5.89. The molecule has 0 atom stereocenters. The molecule has 0 spiro atoms. The lowest BCUT2D eigenvalue weighted by molar-refractivity contribution is -0.139. The Bertz CT molecular complexity index is 248. The second-order valence-corrected chi connectivity index (χ2v) is 4.69. The third-order valence-electron chi connectivity index (χ3n) is 3.36. The summed E-state index contributed by atoms with van der Waals surface area (Å²) in [6, 6.07) is 0. The molecule has 0 bridgehead atoms. The molecule has 0 fully saturated rings. The van der Waals surface area contributed by atoms with E-state index in [1.807, 2.05) is 6.92 Å². The number of carbonyl (C=O) groups is 1. The van der Waals surface area contributed by atoms with Crippen LogP contribution < -0.4 is 0 Å². The molecule has 0 rings (SSSR count). The van der Waals surface area contributed by atoms with Gasteiger partial charge in [0.15, 0.2) is 0 Å². The van der Waals surface area contributed by atoms with E-state index in [1.54, 1.807) is 0 Å². The Kier molecular flexibility index (Phi) is 10.8. The monoisotopic (exact) mass is 254 g/mol. The summed E-state index contributed by atoms with van der Waals surface area (Å²) in [7, 11) is 0. The SMILES string of the molecule is CCCCCCCOC(=O)C(CC)=C(CC)CC. The van der Waals surface area contributed by atoms with Crippen LogP contribution in [0.1, 0.15) is 79.1 Å². The van der Waals surface area contributed by atoms with Crippen LogP contribution in [0.25, 0.3) is 0 Å². The topological polar surface area (TPSA) is 26.3 Å². The molecule has 0 aromatic carbocycles. The van der Waals surface area contributed by atoms with E-state index in [2.05, 4.69) is 20.8 Å². The highest BCUT2D eigenvalue weighted by Gasteiger charge is 2.12. The van der Waals surface area contributed by atoms with Gasteiger partial charge in [0.25, 0.3) is 0 Å². The Hall–Kier alpha value is -0.790. The highest BCUT2D eigenvalue weighted by atomic mass is 16.5. The van der Waals surface area contributed by atoms with E-state index in [1.165, 1.54) is 31.3 Å². The van der Waals surface area contributed by atoms with Crippen molar-refractivity contribution in [1.29, 1.82) is 0 Å². The van der Waals surface area contributed by atoms with Gasteiger partial charge in [-0.2, -0.15) is 0 Å². The lowest BCUT2D eigenvalue weighted by atomic mass is 10.0. The minimum Gasteiger partial charge on any atom is -0.462 e. The quantitative estimate of drug-likeness (QED) is 0.310. The van der Waals surface area contributed by atoms with Gasteiger partial charge < -0.3 is 4.74 Å². The van der Waals surface area contributed by atoms with Gasteiger partial charge >= 0.3 is 5.97 Å². The summed E-state index contributed by atoms with van der Waals surface area (Å²) < 4.78 is 5.36. The summed E-state index contributed by atoms with van der Waals surface area (Å²) in [5, 5.41) is 0. The predicted octanol–water partition coefficient (Wildman–Crippen LogP) is 5.03. The first-order valence-corrected chi connectivity index (χ1v) is 7.59. The van der Waals surface area contributed by atoms with Crippen LogP contribution in [-0.2, 0) is 9.53 Å². The minimum atomic E-state index is -0.0910. The summed E-state index contributed by atoms with van der Waals surface area (Å²) >= 11 is 0. The summed E-state index contributed by atoms with van der Waals surface area (Å²) in [5.41, 5.74) is 2.14. The van der Waals surface area contributed by atoms with E-state index >= 15 is 0 Å². The second kappa shape index (κ2) is 11.3. The Morgan fingerprint density at radius 3 is 1.94 bits per heavy atom. The van der Waals surface area contributed by atoms with Crippen LogP contribution in [0.2, 0.25) is 0 Å². The molecule has 0 heterocycles. The summed E-state index contributed by atoms with van der Waals surface area (Å²) in [4.78, 5) is 11.9. The summed E-state index contributed by atoms with van der Waals surface area (Å²) in [6.07, 6.45) is 8.63. The molecule has 0 aromatic rings. The van der Waals surface area contributed by atoms with Gasteiger partial charge in [-0.3, -0.25) is 0 Å². The molecule has 0 aliphatic heterocycles. The average Bonchev–Trinajstić information content (AvgIpc) is 2.39. The maximum atomic E-state index is 11.9. The Labute approximate surface area is 113 Å². The van der Waals surface area contributed by atoms with Crippen LogP contribution >= 0.6 is 0 Å². The summed E-state index contributed by atoms with van der Waals surface area (Å²) in [5.74, 6) is -0.0910. The normalized spacial score (nSPS) is 10.2. The molecule has 106 valence electrons. The van der Waals surface area contributed by atoms with Gasteiger partial charge in [-0.05, 0) is 25.7 Å². The van der Waals surface area contributed by atoms with E-state index < -0.39 is 0 Å². The Morgan fingerprint density at radius 1 is 0.833 bits per heavy atom. The van der Waals surface area contributed by atoms with Crippen molar-refractivity contribution < 1.29 is 9.53 Å². The number of hydrogen-bond donors (Lipinski definition) is 0. The zero-order valence-corrected chi connectivity index (χ0v) is 12.7. The predicted molar refractivity (Wildman–Crippen MR) is 77.6 cm³/mol. The zero-order chi connectivity index (χ0) is 13.8. The van der Waals surface area contributed by atoms with Crippen LogP contribution in [0.15, 0.2) is 11.1 Å². The molecule has 0 unspecified atom stereocenters. The molecule has 18 heavy (non-hydrogen) atoms. The molecular weight excluding hydrogens is 224 g/mol. The first-order chi connectivity index (χ1) is 8.71. The molecular formula is C16H30O2. The first kappa shape index (κ1) is 17.2. The third kappa shape index (κ3) is 6.83. The number of rotatable bonds is 10. The van der Waals surface area contributed by atoms with Crippen molar-refractivity contribution in [2.75, 3.05) is 6.61 Å². The van der Waals surface area contributed by atoms with Crippen LogP contribution in [0.5, 0.6) is 0 Å². The largest absolute Gasteiger partial charge is 0.462 e. The van der Waals surface area contributed by atoms with E-state index in [0.717, 1.165) is 31.3 Å². The average molecular weight is 254 g/mol. The number of allylic oxidation sites excluding steroid dienone is 1. The maximum absolute atomic E-state index is 11.9. The van der Waals surface area contributed by atoms with Crippen molar-refractivity contribution in [1.82, 2.24) is 0 Å². The smallest absolute Gasteiger partial charge is 0.333 e. The van der Waals surface area contributed by atoms with Gasteiger partial charge in [0.1, 0.15) is 0 Å². The molecule has 0 N–H and O–H groups in total. The Morgan fingerprint density at radius 2 is 1.44 bits per heavy atom. The van der Waals surface area contributed by atoms with E-state index in [0.29, 0.717) is 6.61 Å². The van der Waals surface area contributed by atoms with Gasteiger partial charge in [0.05, 0.1) is 6.61 Å². The van der Waals surface area contributed by atoms with Crippen LogP contribution in [0.4, 0.5) is 0 Å². The van der Waals surface area contributed by atoms with Crippen molar-refractivity contribution in [2.24, 2.45) is 0 Å². The molecule has 0 saturated heterocycles. The molecule has 0 radical (unpaired) electrons. The third-order valence-corrected chi connectivity index (χ3v) is 3.36. The first-order valence-electron chi connectivity index (χ1n) is 7.59. The summed E-state index contributed by atoms with van der Waals surface area (Å²) in [6.45, 7) is 9.02. The molecule has 2 heteroatoms. The molecule has 0 aliphatic carbocycles. The van der Waals surface area contributed by atoms with Crippen molar-refractivity contribution in [2.45, 2.75) is 79.1 Å². The van der Waals surface area contributed by atoms with Crippen molar-refractivity contribution in [3.63, 3.8) is 0 Å². The van der Waals surface area contributed by atoms with E-state index in [9.17, 15) is 4.79 Å². The molecule has 0 aliphatic rings. The lowest BCUT2D eigenvalue weighted by Crippen LogP contribution is -2.11. The lowest BCUT2D eigenvalue weighted by Gasteiger charge is -2.11. The van der Waals surface area contributed by atoms with E-state index in [4.69, 9.17) is 4.74 Å². The molecule has 0 aromatic heterocycles. The van der Waals surface area contributed by atoms with Gasteiger partial charge in [-0.1, -0.05) is 59.0 Å². The Balaban J connectivity index is 4.02. The zero-order valence-electron chi connectivity index (χ0n) is 12.7. The van der Waals surface area contributed by atoms with E-state index in [-0.39, 0.29) is 5.97 Å². The fourth-order valence-corrected chi connectivity index (χ4v) is 2.17. The van der Waals surface area contributed by atoms with Crippen LogP contribution in [0.3, 0.4) is 0 Å². The van der Waals surface area contributed by atoms with Gasteiger partial charge in [0.2, 0.25) is 0 Å². The number of ether oxygens (including phenoxy) is 1.